The first-order valence-electron chi connectivity index (χ1n) is 7.38. The summed E-state index contributed by atoms with van der Waals surface area (Å²) in [5.74, 6) is -0.305. The first kappa shape index (κ1) is 17.0. The molecule has 23 heavy (non-hydrogen) atoms. The Morgan fingerprint density at radius 2 is 2.00 bits per heavy atom. The quantitative estimate of drug-likeness (QED) is 0.861. The molecule has 0 radical (unpaired) electrons. The Hall–Kier alpha value is -2.40. The zero-order valence-electron chi connectivity index (χ0n) is 13.2. The summed E-state index contributed by atoms with van der Waals surface area (Å²) in [6, 6.07) is 11.2. The summed E-state index contributed by atoms with van der Waals surface area (Å²) in [6.45, 7) is 3.85. The van der Waals surface area contributed by atoms with Gasteiger partial charge >= 0.3 is 0 Å². The third kappa shape index (κ3) is 4.79. The van der Waals surface area contributed by atoms with Crippen LogP contribution >= 0.6 is 0 Å². The van der Waals surface area contributed by atoms with Gasteiger partial charge in [0.2, 0.25) is 0 Å². The molecule has 0 saturated heterocycles. The molecule has 2 aromatic carbocycles. The second-order valence-corrected chi connectivity index (χ2v) is 5.38. The number of carbonyl (C=O) groups excluding carboxylic acids is 1. The van der Waals surface area contributed by atoms with Gasteiger partial charge in [0.25, 0.3) is 5.91 Å². The molecule has 0 spiro atoms. The predicted molar refractivity (Wildman–Crippen MR) is 86.2 cm³/mol. The molecule has 2 aromatic rings. The molecule has 0 aromatic heterocycles. The van der Waals surface area contributed by atoms with Crippen LogP contribution in [0.15, 0.2) is 42.5 Å². The summed E-state index contributed by atoms with van der Waals surface area (Å²) in [5.41, 5.74) is 2.53. The van der Waals surface area contributed by atoms with Gasteiger partial charge < -0.3 is 15.2 Å². The second-order valence-electron chi connectivity index (χ2n) is 5.38. The Kier molecular flexibility index (Phi) is 5.71. The van der Waals surface area contributed by atoms with Crippen molar-refractivity contribution in [3.05, 3.63) is 65.0 Å². The highest BCUT2D eigenvalue weighted by Gasteiger charge is 2.12. The molecule has 0 saturated carbocycles. The lowest BCUT2D eigenvalue weighted by Crippen LogP contribution is -2.35. The van der Waals surface area contributed by atoms with Crippen LogP contribution in [0.1, 0.15) is 21.5 Å². The van der Waals surface area contributed by atoms with E-state index in [0.717, 1.165) is 11.1 Å². The van der Waals surface area contributed by atoms with Gasteiger partial charge in [-0.3, -0.25) is 4.79 Å². The first-order valence-corrected chi connectivity index (χ1v) is 7.38. The Bertz CT molecular complexity index is 688. The van der Waals surface area contributed by atoms with E-state index in [1.807, 2.05) is 26.0 Å². The minimum Gasteiger partial charge on any atom is -0.491 e. The van der Waals surface area contributed by atoms with Crippen LogP contribution in [0, 0.1) is 19.7 Å². The molecule has 2 rings (SSSR count). The highest BCUT2D eigenvalue weighted by atomic mass is 19.1. The molecule has 0 unspecified atom stereocenters. The molecule has 2 N–H and O–H groups in total. The minimum atomic E-state index is -0.882. The molecule has 0 heterocycles. The van der Waals surface area contributed by atoms with Crippen molar-refractivity contribution in [3.63, 3.8) is 0 Å². The fourth-order valence-electron chi connectivity index (χ4n) is 2.11. The maximum Gasteiger partial charge on any atom is 0.251 e. The molecular formula is C18H20FNO3. The van der Waals surface area contributed by atoms with Crippen molar-refractivity contribution >= 4 is 5.91 Å². The molecule has 1 atom stereocenters. The van der Waals surface area contributed by atoms with Gasteiger partial charge in [-0.15, -0.1) is 0 Å². The topological polar surface area (TPSA) is 58.6 Å². The Morgan fingerprint density at radius 3 is 2.74 bits per heavy atom. The zero-order chi connectivity index (χ0) is 16.8. The first-order chi connectivity index (χ1) is 11.0. The lowest BCUT2D eigenvalue weighted by atomic mass is 10.0. The smallest absolute Gasteiger partial charge is 0.251 e. The van der Waals surface area contributed by atoms with Gasteiger partial charge in [-0.2, -0.15) is 0 Å². The average Bonchev–Trinajstić information content (AvgIpc) is 2.53. The lowest BCUT2D eigenvalue weighted by Gasteiger charge is -2.14. The SMILES string of the molecule is Cc1cccc(C(=O)NC[C@@H](O)COc2cccc(F)c2)c1C. The molecule has 4 nitrogen and oxygen atoms in total. The minimum absolute atomic E-state index is 0.0312. The third-order valence-electron chi connectivity index (χ3n) is 3.59. The van der Waals surface area contributed by atoms with Crippen LogP contribution in [0.5, 0.6) is 5.75 Å². The van der Waals surface area contributed by atoms with Crippen LogP contribution in [0.2, 0.25) is 0 Å². The summed E-state index contributed by atoms with van der Waals surface area (Å²) in [6.07, 6.45) is -0.882. The van der Waals surface area contributed by atoms with E-state index in [2.05, 4.69) is 5.32 Å². The van der Waals surface area contributed by atoms with Crippen molar-refractivity contribution in [1.82, 2.24) is 5.32 Å². The largest absolute Gasteiger partial charge is 0.491 e. The average molecular weight is 317 g/mol. The number of rotatable bonds is 6. The number of ether oxygens (including phenoxy) is 1. The molecule has 0 fully saturated rings. The maximum atomic E-state index is 13.0. The molecule has 5 heteroatoms. The van der Waals surface area contributed by atoms with Gasteiger partial charge in [-0.1, -0.05) is 18.2 Å². The summed E-state index contributed by atoms with van der Waals surface area (Å²) in [7, 11) is 0. The third-order valence-corrected chi connectivity index (χ3v) is 3.59. The molecule has 0 bridgehead atoms. The van der Waals surface area contributed by atoms with Gasteiger partial charge in [0.1, 0.15) is 24.3 Å². The van der Waals surface area contributed by atoms with E-state index in [-0.39, 0.29) is 19.1 Å². The maximum absolute atomic E-state index is 13.0. The summed E-state index contributed by atoms with van der Waals surface area (Å²) in [4.78, 5) is 12.1. The number of carbonyl (C=O) groups is 1. The summed E-state index contributed by atoms with van der Waals surface area (Å²) >= 11 is 0. The van der Waals surface area contributed by atoms with Crippen molar-refractivity contribution in [1.29, 1.82) is 0 Å². The van der Waals surface area contributed by atoms with E-state index in [1.54, 1.807) is 12.1 Å². The Morgan fingerprint density at radius 1 is 1.26 bits per heavy atom. The highest BCUT2D eigenvalue weighted by Crippen LogP contribution is 2.13. The predicted octanol–water partition coefficient (Wildman–Crippen LogP) is 2.61. The van der Waals surface area contributed by atoms with Crippen molar-refractivity contribution in [2.24, 2.45) is 0 Å². The van der Waals surface area contributed by atoms with Crippen molar-refractivity contribution in [2.75, 3.05) is 13.2 Å². The number of benzene rings is 2. The number of amides is 1. The van der Waals surface area contributed by atoms with Crippen LogP contribution in [0.4, 0.5) is 4.39 Å². The standard InChI is InChI=1S/C18H20FNO3/c1-12-5-3-8-17(13(12)2)18(22)20-10-15(21)11-23-16-7-4-6-14(19)9-16/h3-9,15,21H,10-11H2,1-2H3,(H,20,22)/t15-/m1/s1. The molecule has 0 aliphatic heterocycles. The van der Waals surface area contributed by atoms with Crippen LogP contribution in [0.3, 0.4) is 0 Å². The number of aryl methyl sites for hydroxylation is 1. The van der Waals surface area contributed by atoms with E-state index < -0.39 is 11.9 Å². The van der Waals surface area contributed by atoms with E-state index in [9.17, 15) is 14.3 Å². The lowest BCUT2D eigenvalue weighted by molar-refractivity contribution is 0.0843. The number of hydrogen-bond donors (Lipinski definition) is 2. The van der Waals surface area contributed by atoms with E-state index >= 15 is 0 Å². The zero-order valence-corrected chi connectivity index (χ0v) is 13.2. The van der Waals surface area contributed by atoms with Gasteiger partial charge in [0.05, 0.1) is 0 Å². The number of hydrogen-bond acceptors (Lipinski definition) is 3. The van der Waals surface area contributed by atoms with Crippen LogP contribution < -0.4 is 10.1 Å². The van der Waals surface area contributed by atoms with Crippen molar-refractivity contribution < 1.29 is 19.0 Å². The molecule has 0 aliphatic rings. The second kappa shape index (κ2) is 7.74. The molecule has 122 valence electrons. The Labute approximate surface area is 134 Å². The van der Waals surface area contributed by atoms with Gasteiger partial charge in [-0.25, -0.2) is 4.39 Å². The summed E-state index contributed by atoms with van der Waals surface area (Å²) in [5, 5.41) is 12.5. The van der Waals surface area contributed by atoms with Crippen molar-refractivity contribution in [2.45, 2.75) is 20.0 Å². The van der Waals surface area contributed by atoms with Crippen LogP contribution in [0.25, 0.3) is 0 Å². The summed E-state index contributed by atoms with van der Waals surface area (Å²) < 4.78 is 18.3. The fraction of sp³-hybridized carbons (Fsp3) is 0.278. The van der Waals surface area contributed by atoms with E-state index in [0.29, 0.717) is 11.3 Å². The van der Waals surface area contributed by atoms with Gasteiger partial charge in [-0.05, 0) is 43.2 Å². The molecule has 0 aliphatic carbocycles. The number of halogens is 1. The van der Waals surface area contributed by atoms with Crippen molar-refractivity contribution in [3.8, 4) is 5.75 Å². The number of aliphatic hydroxyl groups is 1. The highest BCUT2D eigenvalue weighted by molar-refractivity contribution is 5.95. The van der Waals surface area contributed by atoms with Crippen LogP contribution in [-0.2, 0) is 0 Å². The number of nitrogens with one attached hydrogen (secondary N) is 1. The fourth-order valence-corrected chi connectivity index (χ4v) is 2.11. The monoisotopic (exact) mass is 317 g/mol. The van der Waals surface area contributed by atoms with Crippen LogP contribution in [-0.4, -0.2) is 30.3 Å². The molecule has 1 amide bonds. The molecular weight excluding hydrogens is 297 g/mol. The van der Waals surface area contributed by atoms with E-state index in [4.69, 9.17) is 4.74 Å². The van der Waals surface area contributed by atoms with Gasteiger partial charge in [0, 0.05) is 18.2 Å². The normalized spacial score (nSPS) is 11.8. The number of aliphatic hydroxyl groups excluding tert-OH is 1. The van der Waals surface area contributed by atoms with E-state index in [1.165, 1.54) is 18.2 Å². The van der Waals surface area contributed by atoms with Gasteiger partial charge in [0.15, 0.2) is 0 Å². The Balaban J connectivity index is 1.83.